The summed E-state index contributed by atoms with van der Waals surface area (Å²) in [6, 6.07) is 9.69. The summed E-state index contributed by atoms with van der Waals surface area (Å²) in [6.07, 6.45) is -8.97. The molecule has 326 valence electrons. The average molecular weight is 855 g/mol. The number of aliphatic hydroxyl groups excluding tert-OH is 2. The van der Waals surface area contributed by atoms with Crippen LogP contribution in [0.5, 0.6) is 0 Å². The van der Waals surface area contributed by atoms with Crippen LogP contribution in [0.15, 0.2) is 64.3 Å². The largest absolute Gasteiger partial charge is 0.467 e. The van der Waals surface area contributed by atoms with Crippen molar-refractivity contribution >= 4 is 47.0 Å². The number of benzene rings is 1. The molecule has 2 aromatic rings. The van der Waals surface area contributed by atoms with E-state index in [9.17, 15) is 34.5 Å². The number of furan rings is 1. The lowest BCUT2D eigenvalue weighted by Crippen LogP contribution is -2.82. The van der Waals surface area contributed by atoms with Crippen LogP contribution in [-0.2, 0) is 42.9 Å². The topological polar surface area (TPSA) is 229 Å². The van der Waals surface area contributed by atoms with Crippen LogP contribution in [0.1, 0.15) is 97.3 Å². The van der Waals surface area contributed by atoms with Crippen LogP contribution in [0, 0.1) is 16.7 Å². The van der Waals surface area contributed by atoms with Gasteiger partial charge in [-0.1, -0.05) is 32.0 Å². The maximum absolute atomic E-state index is 15.4. The molecule has 3 fully saturated rings. The summed E-state index contributed by atoms with van der Waals surface area (Å²) in [5, 5.41) is 43.4. The highest BCUT2D eigenvalue weighted by Gasteiger charge is 2.78. The fourth-order valence-corrected chi connectivity index (χ4v) is 10.1. The number of fused-ring (bicyclic) bond motifs is 5. The molecule has 2 unspecified atom stereocenters. The quantitative estimate of drug-likeness (QED) is 0.106. The number of ether oxygens (including phenoxy) is 5. The van der Waals surface area contributed by atoms with Crippen LogP contribution >= 0.6 is 12.2 Å². The summed E-state index contributed by atoms with van der Waals surface area (Å²) in [7, 11) is 0. The summed E-state index contributed by atoms with van der Waals surface area (Å²) >= 11 is 5.48. The highest BCUT2D eigenvalue weighted by atomic mass is 32.1. The van der Waals surface area contributed by atoms with Gasteiger partial charge in [0.15, 0.2) is 28.7 Å². The molecule has 3 aliphatic carbocycles. The molecule has 2 saturated carbocycles. The zero-order valence-corrected chi connectivity index (χ0v) is 35.9. The van der Waals surface area contributed by atoms with Gasteiger partial charge in [-0.05, 0) is 82.2 Å². The Balaban J connectivity index is 1.54. The predicted molar refractivity (Wildman–Crippen MR) is 215 cm³/mol. The SMILES string of the molecule is CC(=O)O[C@H]1C(=O)[C@]2(C)[C@@H](O)CC3OC[C@@]3(OC(C)=O)[C@H]2[C@H](OC(=O)c2ccccc2)C2(O)C[C@H](OC(=O)[C@H](O)[C@@H](NC(=S)NC(C)(C)C)c3ccco3)C(C)=C1C2(C)C. The second kappa shape index (κ2) is 16.0. The van der Waals surface area contributed by atoms with E-state index < -0.39 is 112 Å². The zero-order valence-electron chi connectivity index (χ0n) is 35.1. The zero-order chi connectivity index (χ0) is 44.3. The predicted octanol–water partition coefficient (Wildman–Crippen LogP) is 3.16. The molecule has 1 saturated heterocycles. The van der Waals surface area contributed by atoms with Gasteiger partial charge < -0.3 is 54.1 Å². The van der Waals surface area contributed by atoms with E-state index in [4.69, 9.17) is 40.3 Å². The van der Waals surface area contributed by atoms with Gasteiger partial charge in [0.05, 0.1) is 35.9 Å². The fraction of sp³-hybridized carbons (Fsp3) is 0.581. The van der Waals surface area contributed by atoms with E-state index in [0.717, 1.165) is 13.8 Å². The number of esters is 4. The van der Waals surface area contributed by atoms with E-state index in [1.807, 2.05) is 20.8 Å². The molecule has 4 aliphatic rings. The Kier molecular flexibility index (Phi) is 11.9. The molecule has 1 aliphatic heterocycles. The van der Waals surface area contributed by atoms with Gasteiger partial charge in [-0.2, -0.15) is 0 Å². The summed E-state index contributed by atoms with van der Waals surface area (Å²) < 4.78 is 35.8. The maximum Gasteiger partial charge on any atom is 0.338 e. The highest BCUT2D eigenvalue weighted by Crippen LogP contribution is 2.64. The van der Waals surface area contributed by atoms with Gasteiger partial charge >= 0.3 is 23.9 Å². The minimum Gasteiger partial charge on any atom is -0.467 e. The van der Waals surface area contributed by atoms with Crippen molar-refractivity contribution < 1.29 is 67.4 Å². The standard InChI is InChI=1S/C43H54N2O14S/c1-21-26(57-37(52)31(49)30(25-16-13-17-54-25)44-38(60)45-39(4,5)6)19-43(53)35(58-36(51)24-14-11-10-12-15-24)33-41(9,27(48)18-28-42(33,20-55-28)59-23(3)47)34(50)32(56-22(2)46)29(21)40(43,7)8/h10-17,26-28,30-33,35,48-49,53H,18-20H2,1-9H3,(H2,44,45,60)/t26-,27-,28?,30-,31+,32+,33-,35-,41+,42-,43?/m0/s1. The van der Waals surface area contributed by atoms with Gasteiger partial charge in [-0.3, -0.25) is 14.4 Å². The minimum absolute atomic E-state index is 0.0150. The molecule has 60 heavy (non-hydrogen) atoms. The molecule has 16 nitrogen and oxygen atoms in total. The molecule has 0 amide bonds. The summed E-state index contributed by atoms with van der Waals surface area (Å²) in [4.78, 5) is 69.8. The van der Waals surface area contributed by atoms with Crippen LogP contribution in [0.25, 0.3) is 0 Å². The minimum atomic E-state index is -2.37. The van der Waals surface area contributed by atoms with Crippen molar-refractivity contribution in [3.05, 3.63) is 71.2 Å². The maximum atomic E-state index is 15.4. The Bertz CT molecular complexity index is 2060. The molecule has 2 bridgehead atoms. The first-order valence-electron chi connectivity index (χ1n) is 19.8. The third kappa shape index (κ3) is 7.63. The van der Waals surface area contributed by atoms with E-state index in [0.29, 0.717) is 0 Å². The normalized spacial score (nSPS) is 32.9. The van der Waals surface area contributed by atoms with Crippen molar-refractivity contribution in [1.29, 1.82) is 0 Å². The van der Waals surface area contributed by atoms with Gasteiger partial charge in [-0.15, -0.1) is 0 Å². The van der Waals surface area contributed by atoms with Crippen LogP contribution < -0.4 is 10.6 Å². The molecular weight excluding hydrogens is 801 g/mol. The van der Waals surface area contributed by atoms with Gasteiger partial charge in [0, 0.05) is 37.6 Å². The second-order valence-electron chi connectivity index (χ2n) is 18.0. The molecular formula is C43H54N2O14S. The average Bonchev–Trinajstić information content (AvgIpc) is 3.69. The number of ketones is 1. The number of nitrogens with one attached hydrogen (secondary N) is 2. The molecule has 0 radical (unpaired) electrons. The summed E-state index contributed by atoms with van der Waals surface area (Å²) in [5.74, 6) is -6.01. The first kappa shape index (κ1) is 44.9. The number of aliphatic hydroxyl groups is 3. The van der Waals surface area contributed by atoms with Crippen molar-refractivity contribution in [2.45, 2.75) is 135 Å². The van der Waals surface area contributed by atoms with Crippen LogP contribution in [0.2, 0.25) is 0 Å². The first-order valence-corrected chi connectivity index (χ1v) is 20.2. The molecule has 1 aromatic heterocycles. The smallest absolute Gasteiger partial charge is 0.338 e. The molecule has 5 N–H and O–H groups in total. The fourth-order valence-electron chi connectivity index (χ4n) is 9.66. The summed E-state index contributed by atoms with van der Waals surface area (Å²) in [6.45, 7) is 13.6. The van der Waals surface area contributed by atoms with E-state index >= 15 is 4.79 Å². The number of carbonyl (C=O) groups is 5. The van der Waals surface area contributed by atoms with Crippen LogP contribution in [0.3, 0.4) is 0 Å². The monoisotopic (exact) mass is 854 g/mol. The number of hydrogen-bond acceptors (Lipinski definition) is 15. The van der Waals surface area contributed by atoms with E-state index in [1.54, 1.807) is 38.1 Å². The lowest BCUT2D eigenvalue weighted by molar-refractivity contribution is -0.346. The molecule has 6 rings (SSSR count). The number of rotatable bonds is 9. The Morgan fingerprint density at radius 3 is 2.20 bits per heavy atom. The number of carbonyl (C=O) groups excluding carboxylic acids is 5. The van der Waals surface area contributed by atoms with Crippen molar-refractivity contribution in [3.8, 4) is 0 Å². The molecule has 17 heteroatoms. The lowest BCUT2D eigenvalue weighted by atomic mass is 9.44. The highest BCUT2D eigenvalue weighted by molar-refractivity contribution is 7.80. The third-order valence-electron chi connectivity index (χ3n) is 12.6. The number of Topliss-reactive ketones (excluding diaryl/α,β-unsaturated/α-hetero) is 1. The Labute approximate surface area is 353 Å². The van der Waals surface area contributed by atoms with Crippen molar-refractivity contribution in [3.63, 3.8) is 0 Å². The van der Waals surface area contributed by atoms with Gasteiger partial charge in [-0.25, -0.2) is 9.59 Å². The van der Waals surface area contributed by atoms with E-state index in [1.165, 1.54) is 38.3 Å². The van der Waals surface area contributed by atoms with Crippen LogP contribution in [-0.4, -0.2) is 110 Å². The van der Waals surface area contributed by atoms with Crippen molar-refractivity contribution in [2.75, 3.05) is 6.61 Å². The Hall–Kier alpha value is -4.68. The Morgan fingerprint density at radius 2 is 1.65 bits per heavy atom. The Morgan fingerprint density at radius 1 is 0.983 bits per heavy atom. The van der Waals surface area contributed by atoms with Gasteiger partial charge in [0.1, 0.15) is 35.7 Å². The molecule has 1 aromatic carbocycles. The summed E-state index contributed by atoms with van der Waals surface area (Å²) in [5.41, 5.74) is -8.01. The van der Waals surface area contributed by atoms with Crippen LogP contribution in [0.4, 0.5) is 0 Å². The lowest BCUT2D eigenvalue weighted by Gasteiger charge is -2.67. The van der Waals surface area contributed by atoms with E-state index in [-0.39, 0.29) is 40.6 Å². The third-order valence-corrected chi connectivity index (χ3v) is 12.8. The number of hydrogen-bond donors (Lipinski definition) is 5. The van der Waals surface area contributed by atoms with Crippen molar-refractivity contribution in [2.24, 2.45) is 16.7 Å². The second-order valence-corrected chi connectivity index (χ2v) is 18.4. The first-order chi connectivity index (χ1) is 27.9. The van der Waals surface area contributed by atoms with Crippen molar-refractivity contribution in [1.82, 2.24) is 10.6 Å². The van der Waals surface area contributed by atoms with E-state index in [2.05, 4.69) is 10.6 Å². The molecule has 2 heterocycles. The molecule has 0 spiro atoms. The number of thiocarbonyl (C=S) groups is 1. The molecule has 11 atom stereocenters. The van der Waals surface area contributed by atoms with Gasteiger partial charge in [0.2, 0.25) is 0 Å². The van der Waals surface area contributed by atoms with Gasteiger partial charge in [0.25, 0.3) is 0 Å².